The van der Waals surface area contributed by atoms with Crippen molar-refractivity contribution in [3.8, 4) is 10.6 Å². The number of nitrogens with zero attached hydrogens (tertiary/aromatic N) is 3. The normalized spacial score (nSPS) is 10.9. The van der Waals surface area contributed by atoms with Gasteiger partial charge in [0.25, 0.3) is 11.7 Å². The van der Waals surface area contributed by atoms with Gasteiger partial charge in [0.1, 0.15) is 5.01 Å². The Labute approximate surface area is 167 Å². The molecule has 0 radical (unpaired) electrons. The largest absolute Gasteiger partial charge is 0.383 e. The summed E-state index contributed by atoms with van der Waals surface area (Å²) in [6.45, 7) is 6.87. The van der Waals surface area contributed by atoms with Crippen LogP contribution in [0.15, 0.2) is 30.3 Å². The highest BCUT2D eigenvalue weighted by Crippen LogP contribution is 2.27. The van der Waals surface area contributed by atoms with E-state index >= 15 is 0 Å². The Kier molecular flexibility index (Phi) is 6.01. The van der Waals surface area contributed by atoms with E-state index in [2.05, 4.69) is 15.5 Å². The number of aromatic nitrogens is 3. The number of rotatable bonds is 7. The molecule has 0 aliphatic heterocycles. The summed E-state index contributed by atoms with van der Waals surface area (Å²) in [4.78, 5) is 25.1. The highest BCUT2D eigenvalue weighted by Gasteiger charge is 2.23. The zero-order valence-electron chi connectivity index (χ0n) is 16.3. The first-order valence-corrected chi connectivity index (χ1v) is 9.64. The summed E-state index contributed by atoms with van der Waals surface area (Å²) >= 11 is 1.23. The molecule has 0 aliphatic rings. The number of hydrogen-bond acceptors (Lipinski definition) is 6. The van der Waals surface area contributed by atoms with Gasteiger partial charge in [0.05, 0.1) is 6.61 Å². The van der Waals surface area contributed by atoms with Crippen molar-refractivity contribution in [2.45, 2.75) is 27.3 Å². The predicted molar refractivity (Wildman–Crippen MR) is 109 cm³/mol. The lowest BCUT2D eigenvalue weighted by Crippen LogP contribution is -2.23. The van der Waals surface area contributed by atoms with Gasteiger partial charge in [-0.2, -0.15) is 0 Å². The quantitative estimate of drug-likeness (QED) is 0.487. The number of Topliss-reactive ketones (excluding diaryl/α,β-unsaturated/α-hetero) is 1. The number of nitrogens with one attached hydrogen (secondary N) is 1. The number of anilines is 1. The highest BCUT2D eigenvalue weighted by atomic mass is 32.1. The Bertz CT molecular complexity index is 1020. The van der Waals surface area contributed by atoms with Crippen LogP contribution in [-0.4, -0.2) is 40.2 Å². The van der Waals surface area contributed by atoms with E-state index in [4.69, 9.17) is 4.74 Å². The molecular weight excluding hydrogens is 376 g/mol. The first-order chi connectivity index (χ1) is 13.4. The standard InChI is InChI=1S/C20H22N4O3S/c1-12-6-5-7-15(10-12)19-22-23-20(28-19)21-18(26)17(25)16-11-13(2)24(14(16)3)8-9-27-4/h5-7,10-11H,8-9H2,1-4H3,(H,21,23,26). The number of hydrogen-bond donors (Lipinski definition) is 1. The lowest BCUT2D eigenvalue weighted by atomic mass is 10.1. The maximum Gasteiger partial charge on any atom is 0.298 e. The molecule has 0 saturated carbocycles. The number of ketones is 1. The Balaban J connectivity index is 1.74. The molecule has 8 heteroatoms. The summed E-state index contributed by atoms with van der Waals surface area (Å²) in [6.07, 6.45) is 0. The molecule has 1 aromatic carbocycles. The van der Waals surface area contributed by atoms with Gasteiger partial charge in [-0.25, -0.2) is 0 Å². The van der Waals surface area contributed by atoms with Crippen LogP contribution >= 0.6 is 11.3 Å². The zero-order valence-corrected chi connectivity index (χ0v) is 17.1. The predicted octanol–water partition coefficient (Wildman–Crippen LogP) is 3.40. The molecule has 0 aliphatic carbocycles. The minimum atomic E-state index is -0.723. The first-order valence-electron chi connectivity index (χ1n) is 8.82. The number of carbonyl (C=O) groups excluding carboxylic acids is 2. The van der Waals surface area contributed by atoms with Crippen LogP contribution in [0, 0.1) is 20.8 Å². The molecule has 0 spiro atoms. The lowest BCUT2D eigenvalue weighted by molar-refractivity contribution is -0.112. The highest BCUT2D eigenvalue weighted by molar-refractivity contribution is 7.18. The van der Waals surface area contributed by atoms with E-state index in [0.29, 0.717) is 28.9 Å². The average Bonchev–Trinajstić information content (AvgIpc) is 3.24. The summed E-state index contributed by atoms with van der Waals surface area (Å²) in [5.74, 6) is -1.32. The summed E-state index contributed by atoms with van der Waals surface area (Å²) in [5, 5.41) is 11.6. The van der Waals surface area contributed by atoms with Gasteiger partial charge in [-0.15, -0.1) is 10.2 Å². The third-order valence-corrected chi connectivity index (χ3v) is 5.34. The van der Waals surface area contributed by atoms with Crippen molar-refractivity contribution in [2.24, 2.45) is 0 Å². The number of benzene rings is 1. The molecule has 0 unspecified atom stereocenters. The van der Waals surface area contributed by atoms with Crippen LogP contribution in [0.25, 0.3) is 10.6 Å². The molecule has 0 saturated heterocycles. The van der Waals surface area contributed by atoms with E-state index in [-0.39, 0.29) is 0 Å². The van der Waals surface area contributed by atoms with Gasteiger partial charge in [0.2, 0.25) is 5.13 Å². The number of amides is 1. The van der Waals surface area contributed by atoms with Crippen LogP contribution in [-0.2, 0) is 16.1 Å². The molecule has 1 amide bonds. The van der Waals surface area contributed by atoms with E-state index in [9.17, 15) is 9.59 Å². The van der Waals surface area contributed by atoms with Gasteiger partial charge in [-0.05, 0) is 32.9 Å². The fourth-order valence-electron chi connectivity index (χ4n) is 3.00. The van der Waals surface area contributed by atoms with Crippen LogP contribution in [0.5, 0.6) is 0 Å². The number of ether oxygens (including phenoxy) is 1. The Morgan fingerprint density at radius 2 is 1.96 bits per heavy atom. The molecule has 28 heavy (non-hydrogen) atoms. The third-order valence-electron chi connectivity index (χ3n) is 4.45. The van der Waals surface area contributed by atoms with Crippen LogP contribution in [0.3, 0.4) is 0 Å². The van der Waals surface area contributed by atoms with Crippen LogP contribution in [0.4, 0.5) is 5.13 Å². The average molecular weight is 398 g/mol. The van der Waals surface area contributed by atoms with E-state index in [0.717, 1.165) is 22.5 Å². The minimum absolute atomic E-state index is 0.294. The molecule has 1 N–H and O–H groups in total. The molecular formula is C20H22N4O3S. The Morgan fingerprint density at radius 1 is 1.18 bits per heavy atom. The maximum atomic E-state index is 12.6. The molecule has 3 aromatic rings. The van der Waals surface area contributed by atoms with E-state index in [1.165, 1.54) is 11.3 Å². The minimum Gasteiger partial charge on any atom is -0.383 e. The van der Waals surface area contributed by atoms with Crippen LogP contribution in [0.2, 0.25) is 0 Å². The number of carbonyl (C=O) groups is 2. The second-order valence-corrected chi connectivity index (χ2v) is 7.47. The van der Waals surface area contributed by atoms with Gasteiger partial charge in [-0.1, -0.05) is 35.1 Å². The molecule has 0 bridgehead atoms. The zero-order chi connectivity index (χ0) is 20.3. The molecule has 146 valence electrons. The Hall–Kier alpha value is -2.84. The van der Waals surface area contributed by atoms with E-state index < -0.39 is 11.7 Å². The molecule has 2 heterocycles. The second kappa shape index (κ2) is 8.45. The van der Waals surface area contributed by atoms with Crippen LogP contribution < -0.4 is 5.32 Å². The van der Waals surface area contributed by atoms with E-state index in [1.807, 2.05) is 49.6 Å². The van der Waals surface area contributed by atoms with Gasteiger partial charge in [-0.3, -0.25) is 14.9 Å². The number of aryl methyl sites for hydroxylation is 2. The van der Waals surface area contributed by atoms with Crippen molar-refractivity contribution in [1.29, 1.82) is 0 Å². The van der Waals surface area contributed by atoms with Crippen molar-refractivity contribution in [3.63, 3.8) is 0 Å². The second-order valence-electron chi connectivity index (χ2n) is 6.49. The fraction of sp³-hybridized carbons (Fsp3) is 0.300. The molecule has 3 rings (SSSR count). The molecule has 2 aromatic heterocycles. The van der Waals surface area contributed by atoms with Gasteiger partial charge < -0.3 is 9.30 Å². The first kappa shape index (κ1) is 19.9. The summed E-state index contributed by atoms with van der Waals surface area (Å²) in [6, 6.07) is 9.58. The Morgan fingerprint density at radius 3 is 2.68 bits per heavy atom. The van der Waals surface area contributed by atoms with Crippen LogP contribution in [0.1, 0.15) is 27.3 Å². The lowest BCUT2D eigenvalue weighted by Gasteiger charge is -2.08. The molecule has 0 atom stereocenters. The summed E-state index contributed by atoms with van der Waals surface area (Å²) in [5.41, 5.74) is 4.06. The molecule has 0 fully saturated rings. The van der Waals surface area contributed by atoms with Gasteiger partial charge in [0, 0.05) is 36.2 Å². The van der Waals surface area contributed by atoms with Crippen molar-refractivity contribution in [1.82, 2.24) is 14.8 Å². The summed E-state index contributed by atoms with van der Waals surface area (Å²) < 4.78 is 7.06. The van der Waals surface area contributed by atoms with Gasteiger partial charge >= 0.3 is 0 Å². The van der Waals surface area contributed by atoms with Crippen molar-refractivity contribution in [2.75, 3.05) is 19.0 Å². The SMILES string of the molecule is COCCn1c(C)cc(C(=O)C(=O)Nc2nnc(-c3cccc(C)c3)s2)c1C. The molecule has 7 nitrogen and oxygen atoms in total. The van der Waals surface area contributed by atoms with Crippen molar-refractivity contribution in [3.05, 3.63) is 52.8 Å². The number of methoxy groups -OCH3 is 1. The smallest absolute Gasteiger partial charge is 0.298 e. The monoisotopic (exact) mass is 398 g/mol. The maximum absolute atomic E-state index is 12.6. The third kappa shape index (κ3) is 4.18. The summed E-state index contributed by atoms with van der Waals surface area (Å²) in [7, 11) is 1.63. The van der Waals surface area contributed by atoms with Crippen molar-refractivity contribution >= 4 is 28.2 Å². The van der Waals surface area contributed by atoms with E-state index in [1.54, 1.807) is 13.2 Å². The topological polar surface area (TPSA) is 86.1 Å². The fourth-order valence-corrected chi connectivity index (χ4v) is 3.74. The van der Waals surface area contributed by atoms with Gasteiger partial charge in [0.15, 0.2) is 0 Å². The van der Waals surface area contributed by atoms with Crippen molar-refractivity contribution < 1.29 is 14.3 Å².